The van der Waals surface area contributed by atoms with E-state index in [9.17, 15) is 4.79 Å². The molecule has 9 heteroatoms. The van der Waals surface area contributed by atoms with Crippen molar-refractivity contribution in [1.29, 1.82) is 0 Å². The first kappa shape index (κ1) is 17.0. The highest BCUT2D eigenvalue weighted by molar-refractivity contribution is 9.10. The molecule has 2 aromatic rings. The third-order valence-electron chi connectivity index (χ3n) is 3.35. The summed E-state index contributed by atoms with van der Waals surface area (Å²) >= 11 is 3.34. The summed E-state index contributed by atoms with van der Waals surface area (Å²) < 4.78 is 7.84. The Morgan fingerprint density at radius 3 is 3.09 bits per heavy atom. The summed E-state index contributed by atoms with van der Waals surface area (Å²) in [5, 5.41) is 11.3. The number of nitrogens with one attached hydrogen (secondary N) is 1. The van der Waals surface area contributed by atoms with Gasteiger partial charge in [-0.25, -0.2) is 0 Å². The van der Waals surface area contributed by atoms with E-state index in [1.54, 1.807) is 21.8 Å². The molecule has 0 unspecified atom stereocenters. The fourth-order valence-corrected chi connectivity index (χ4v) is 2.68. The quantitative estimate of drug-likeness (QED) is 0.860. The van der Waals surface area contributed by atoms with Gasteiger partial charge in [-0.15, -0.1) is 12.4 Å². The van der Waals surface area contributed by atoms with Crippen molar-refractivity contribution in [3.8, 4) is 0 Å². The van der Waals surface area contributed by atoms with Crippen LogP contribution in [0.2, 0.25) is 0 Å². The van der Waals surface area contributed by atoms with Crippen molar-refractivity contribution in [2.45, 2.75) is 19.5 Å². The van der Waals surface area contributed by atoms with Crippen molar-refractivity contribution < 1.29 is 9.32 Å². The maximum Gasteiger partial charge on any atom is 0.276 e. The van der Waals surface area contributed by atoms with Crippen LogP contribution in [0.25, 0.3) is 0 Å². The largest absolute Gasteiger partial charge is 0.359 e. The molecule has 0 spiro atoms. The van der Waals surface area contributed by atoms with Gasteiger partial charge in [-0.2, -0.15) is 5.10 Å². The Balaban J connectivity index is 0.00000176. The van der Waals surface area contributed by atoms with Crippen LogP contribution >= 0.6 is 28.3 Å². The number of amides is 1. The molecule has 3 heterocycles. The molecule has 1 saturated heterocycles. The van der Waals surface area contributed by atoms with Crippen LogP contribution in [0.5, 0.6) is 0 Å². The summed E-state index contributed by atoms with van der Waals surface area (Å²) in [4.78, 5) is 14.2. The van der Waals surface area contributed by atoms with E-state index in [1.165, 1.54) is 0 Å². The zero-order valence-electron chi connectivity index (χ0n) is 12.0. The maximum absolute atomic E-state index is 12.4. The van der Waals surface area contributed by atoms with Crippen molar-refractivity contribution >= 4 is 34.2 Å². The molecule has 1 atom stereocenters. The topological polar surface area (TPSA) is 76.2 Å². The van der Waals surface area contributed by atoms with Gasteiger partial charge in [0.2, 0.25) is 0 Å². The SMILES string of the molecule is C[C@@H]1CN(C(=O)c2cc(Cn3cc(Br)cn3)on2)CCN1.Cl. The lowest BCUT2D eigenvalue weighted by Gasteiger charge is -2.31. The van der Waals surface area contributed by atoms with E-state index in [0.717, 1.165) is 11.0 Å². The number of hydrogen-bond acceptors (Lipinski definition) is 5. The first-order chi connectivity index (χ1) is 10.1. The molecule has 0 aromatic carbocycles. The molecule has 7 nitrogen and oxygen atoms in total. The number of nitrogens with zero attached hydrogens (tertiary/aromatic N) is 4. The molecule has 0 saturated carbocycles. The Hall–Kier alpha value is -1.38. The van der Waals surface area contributed by atoms with Crippen LogP contribution < -0.4 is 5.32 Å². The van der Waals surface area contributed by atoms with E-state index in [2.05, 4.69) is 38.4 Å². The predicted molar refractivity (Wildman–Crippen MR) is 86.1 cm³/mol. The summed E-state index contributed by atoms with van der Waals surface area (Å²) in [7, 11) is 0. The first-order valence-electron chi connectivity index (χ1n) is 6.78. The molecule has 2 aromatic heterocycles. The molecule has 0 bridgehead atoms. The minimum absolute atomic E-state index is 0. The van der Waals surface area contributed by atoms with E-state index in [0.29, 0.717) is 37.1 Å². The Kier molecular flexibility index (Phi) is 5.60. The predicted octanol–water partition coefficient (Wildman–Crippen LogP) is 1.54. The molecular weight excluding hydrogens is 374 g/mol. The highest BCUT2D eigenvalue weighted by Crippen LogP contribution is 2.12. The van der Waals surface area contributed by atoms with Crippen LogP contribution in [0.1, 0.15) is 23.2 Å². The van der Waals surface area contributed by atoms with E-state index < -0.39 is 0 Å². The van der Waals surface area contributed by atoms with Crippen LogP contribution in [0.15, 0.2) is 27.5 Å². The molecule has 120 valence electrons. The van der Waals surface area contributed by atoms with Gasteiger partial charge in [0.25, 0.3) is 5.91 Å². The highest BCUT2D eigenvalue weighted by Gasteiger charge is 2.24. The number of aromatic nitrogens is 3. The molecule has 0 radical (unpaired) electrons. The number of hydrogen-bond donors (Lipinski definition) is 1. The van der Waals surface area contributed by atoms with Crippen molar-refractivity contribution in [2.24, 2.45) is 0 Å². The van der Waals surface area contributed by atoms with Gasteiger partial charge in [-0.05, 0) is 22.9 Å². The van der Waals surface area contributed by atoms with Crippen molar-refractivity contribution in [2.75, 3.05) is 19.6 Å². The Labute approximate surface area is 142 Å². The van der Waals surface area contributed by atoms with Gasteiger partial charge < -0.3 is 14.7 Å². The van der Waals surface area contributed by atoms with Gasteiger partial charge >= 0.3 is 0 Å². The Morgan fingerprint density at radius 1 is 1.59 bits per heavy atom. The molecular formula is C13H17BrClN5O2. The second kappa shape index (κ2) is 7.26. The van der Waals surface area contributed by atoms with Crippen LogP contribution in [0, 0.1) is 0 Å². The van der Waals surface area contributed by atoms with Crippen LogP contribution in [-0.2, 0) is 6.54 Å². The lowest BCUT2D eigenvalue weighted by molar-refractivity contribution is 0.0698. The van der Waals surface area contributed by atoms with Gasteiger partial charge in [0.1, 0.15) is 6.54 Å². The van der Waals surface area contributed by atoms with E-state index in [1.807, 2.05) is 6.20 Å². The third-order valence-corrected chi connectivity index (χ3v) is 3.76. The summed E-state index contributed by atoms with van der Waals surface area (Å²) in [6.45, 7) is 4.69. The summed E-state index contributed by atoms with van der Waals surface area (Å²) in [6, 6.07) is 1.99. The van der Waals surface area contributed by atoms with Gasteiger partial charge in [-0.3, -0.25) is 9.48 Å². The fraction of sp³-hybridized carbons (Fsp3) is 0.462. The average molecular weight is 391 g/mol. The number of carbonyl (C=O) groups excluding carboxylic acids is 1. The second-order valence-corrected chi connectivity index (χ2v) is 6.06. The number of rotatable bonds is 3. The van der Waals surface area contributed by atoms with Crippen molar-refractivity contribution in [1.82, 2.24) is 25.2 Å². The first-order valence-corrected chi connectivity index (χ1v) is 7.57. The van der Waals surface area contributed by atoms with Gasteiger partial charge in [0, 0.05) is 37.9 Å². The molecule has 1 aliphatic rings. The molecule has 1 aliphatic heterocycles. The Morgan fingerprint density at radius 2 is 2.41 bits per heavy atom. The smallest absolute Gasteiger partial charge is 0.276 e. The molecule has 1 fully saturated rings. The monoisotopic (exact) mass is 389 g/mol. The van der Waals surface area contributed by atoms with Crippen LogP contribution in [0.4, 0.5) is 0 Å². The lowest BCUT2D eigenvalue weighted by Crippen LogP contribution is -2.51. The fourth-order valence-electron chi connectivity index (χ4n) is 2.35. The second-order valence-electron chi connectivity index (χ2n) is 5.14. The lowest BCUT2D eigenvalue weighted by atomic mass is 10.2. The highest BCUT2D eigenvalue weighted by atomic mass is 79.9. The number of carbonyl (C=O) groups is 1. The molecule has 0 aliphatic carbocycles. The van der Waals surface area contributed by atoms with Crippen LogP contribution in [0.3, 0.4) is 0 Å². The van der Waals surface area contributed by atoms with Gasteiger partial charge in [0.15, 0.2) is 11.5 Å². The van der Waals surface area contributed by atoms with Gasteiger partial charge in [0.05, 0.1) is 10.7 Å². The zero-order valence-corrected chi connectivity index (χ0v) is 14.4. The number of piperazine rings is 1. The molecule has 22 heavy (non-hydrogen) atoms. The summed E-state index contributed by atoms with van der Waals surface area (Å²) in [5.74, 6) is 0.525. The third kappa shape index (κ3) is 3.88. The molecule has 1 amide bonds. The van der Waals surface area contributed by atoms with E-state index in [4.69, 9.17) is 4.52 Å². The number of halogens is 2. The maximum atomic E-state index is 12.4. The summed E-state index contributed by atoms with van der Waals surface area (Å²) in [6.07, 6.45) is 3.53. The zero-order chi connectivity index (χ0) is 14.8. The van der Waals surface area contributed by atoms with E-state index in [-0.39, 0.29) is 18.3 Å². The normalized spacial score (nSPS) is 18.1. The van der Waals surface area contributed by atoms with Crippen LogP contribution in [-0.4, -0.2) is 51.4 Å². The van der Waals surface area contributed by atoms with Crippen molar-refractivity contribution in [3.05, 3.63) is 34.4 Å². The molecule has 1 N–H and O–H groups in total. The van der Waals surface area contributed by atoms with Gasteiger partial charge in [-0.1, -0.05) is 5.16 Å². The minimum atomic E-state index is -0.0833. The Bertz CT molecular complexity index is 644. The molecule has 3 rings (SSSR count). The van der Waals surface area contributed by atoms with E-state index >= 15 is 0 Å². The average Bonchev–Trinajstić information content (AvgIpc) is 3.08. The standard InChI is InChI=1S/C13H16BrN5O2.ClH/c1-9-6-18(3-2-15-9)13(20)12-4-11(21-17-12)8-19-7-10(14)5-16-19;/h4-5,7,9,15H,2-3,6,8H2,1H3;1H/t9-;/m1./s1. The van der Waals surface area contributed by atoms with Crippen molar-refractivity contribution in [3.63, 3.8) is 0 Å². The minimum Gasteiger partial charge on any atom is -0.359 e. The summed E-state index contributed by atoms with van der Waals surface area (Å²) in [5.41, 5.74) is 0.352.